The van der Waals surface area contributed by atoms with E-state index in [9.17, 15) is 0 Å². The maximum atomic E-state index is 8.62. The molecule has 2 N–H and O–H groups in total. The van der Waals surface area contributed by atoms with Crippen LogP contribution in [0.15, 0.2) is 10.7 Å². The first-order valence-electron chi connectivity index (χ1n) is 3.55. The summed E-state index contributed by atoms with van der Waals surface area (Å²) in [6.45, 7) is 2.05. The lowest BCUT2D eigenvalue weighted by molar-refractivity contribution is 0.583. The smallest absolute Gasteiger partial charge is 0.208 e. The fourth-order valence-electron chi connectivity index (χ4n) is 0.991. The first-order valence-corrected chi connectivity index (χ1v) is 3.55. The molecular formula is C8H10N2O. The summed E-state index contributed by atoms with van der Waals surface area (Å²) in [4.78, 5) is 0. The van der Waals surface area contributed by atoms with Gasteiger partial charge < -0.3 is 10.2 Å². The zero-order valence-electron chi connectivity index (χ0n) is 6.42. The Morgan fingerprint density at radius 3 is 3.00 bits per heavy atom. The Labute approximate surface area is 65.4 Å². The number of furan rings is 1. The Morgan fingerprint density at radius 1 is 1.73 bits per heavy atom. The van der Waals surface area contributed by atoms with Gasteiger partial charge in [-0.3, -0.25) is 0 Å². The summed E-state index contributed by atoms with van der Waals surface area (Å²) in [7, 11) is 0. The molecule has 1 rings (SSSR count). The van der Waals surface area contributed by atoms with Crippen LogP contribution in [0.3, 0.4) is 0 Å². The second-order valence-corrected chi connectivity index (χ2v) is 2.36. The van der Waals surface area contributed by atoms with Crippen molar-refractivity contribution in [1.82, 2.24) is 0 Å². The molecule has 0 saturated heterocycles. The van der Waals surface area contributed by atoms with Crippen molar-refractivity contribution in [2.24, 2.45) is 0 Å². The monoisotopic (exact) mass is 150 g/mol. The van der Waals surface area contributed by atoms with Gasteiger partial charge >= 0.3 is 0 Å². The van der Waals surface area contributed by atoms with Gasteiger partial charge in [0, 0.05) is 5.56 Å². The molecule has 0 atom stereocenters. The highest BCUT2D eigenvalue weighted by Gasteiger charge is 2.08. The Kier molecular flexibility index (Phi) is 2.17. The number of hydrogen-bond acceptors (Lipinski definition) is 3. The minimum atomic E-state index is 0.232. The van der Waals surface area contributed by atoms with Crippen molar-refractivity contribution in [3.8, 4) is 6.07 Å². The topological polar surface area (TPSA) is 62.9 Å². The number of hydrogen-bond donors (Lipinski definition) is 1. The summed E-state index contributed by atoms with van der Waals surface area (Å²) in [5, 5.41) is 8.62. The van der Waals surface area contributed by atoms with Crippen LogP contribution >= 0.6 is 0 Å². The van der Waals surface area contributed by atoms with E-state index in [1.54, 1.807) is 6.26 Å². The third-order valence-corrected chi connectivity index (χ3v) is 1.53. The molecule has 3 nitrogen and oxygen atoms in total. The lowest BCUT2D eigenvalue weighted by Crippen LogP contribution is -1.88. The number of nitrogen functional groups attached to an aromatic ring is 1. The molecule has 0 aliphatic heterocycles. The van der Waals surface area contributed by atoms with E-state index < -0.39 is 0 Å². The number of nitrogens with zero attached hydrogens (tertiary/aromatic N) is 1. The van der Waals surface area contributed by atoms with Crippen LogP contribution in [-0.4, -0.2) is 0 Å². The summed E-state index contributed by atoms with van der Waals surface area (Å²) in [5.74, 6) is 0.232. The van der Waals surface area contributed by atoms with Gasteiger partial charge in [-0.05, 0) is 6.42 Å². The Bertz CT molecular complexity index is 283. The average Bonchev–Trinajstić information content (AvgIpc) is 2.33. The number of anilines is 1. The molecule has 0 unspecified atom stereocenters. The molecule has 0 bridgehead atoms. The maximum Gasteiger partial charge on any atom is 0.208 e. The van der Waals surface area contributed by atoms with Crippen LogP contribution in [-0.2, 0) is 6.42 Å². The van der Waals surface area contributed by atoms with Gasteiger partial charge in [0.05, 0.1) is 6.26 Å². The highest BCUT2D eigenvalue weighted by atomic mass is 16.3. The zero-order chi connectivity index (χ0) is 8.27. The van der Waals surface area contributed by atoms with Gasteiger partial charge in [0.2, 0.25) is 5.88 Å². The predicted octanol–water partition coefficient (Wildman–Crippen LogP) is 1.69. The molecule has 1 aromatic heterocycles. The minimum Gasteiger partial charge on any atom is -0.447 e. The molecule has 0 amide bonds. The lowest BCUT2D eigenvalue weighted by atomic mass is 10.1. The normalized spacial score (nSPS) is 9.45. The van der Waals surface area contributed by atoms with E-state index in [1.165, 1.54) is 0 Å². The van der Waals surface area contributed by atoms with E-state index in [2.05, 4.69) is 0 Å². The van der Waals surface area contributed by atoms with Crippen molar-refractivity contribution >= 4 is 5.88 Å². The first kappa shape index (κ1) is 7.67. The molecule has 0 aliphatic rings. The van der Waals surface area contributed by atoms with Crippen molar-refractivity contribution < 1.29 is 4.42 Å². The van der Waals surface area contributed by atoms with E-state index in [0.717, 1.165) is 18.4 Å². The lowest BCUT2D eigenvalue weighted by Gasteiger charge is -1.90. The largest absolute Gasteiger partial charge is 0.447 e. The van der Waals surface area contributed by atoms with Crippen molar-refractivity contribution in [2.75, 3.05) is 5.73 Å². The van der Waals surface area contributed by atoms with E-state index in [0.29, 0.717) is 5.56 Å². The van der Waals surface area contributed by atoms with Crippen LogP contribution in [0.4, 0.5) is 5.88 Å². The number of rotatable bonds is 2. The zero-order valence-corrected chi connectivity index (χ0v) is 6.42. The van der Waals surface area contributed by atoms with Gasteiger partial charge in [0.15, 0.2) is 0 Å². The van der Waals surface area contributed by atoms with Gasteiger partial charge in [-0.2, -0.15) is 5.26 Å². The summed E-state index contributed by atoms with van der Waals surface area (Å²) in [6.07, 6.45) is 3.40. The van der Waals surface area contributed by atoms with Crippen LogP contribution in [0.2, 0.25) is 0 Å². The molecule has 11 heavy (non-hydrogen) atoms. The first-order chi connectivity index (χ1) is 5.29. The second kappa shape index (κ2) is 3.11. The highest BCUT2D eigenvalue weighted by molar-refractivity contribution is 5.51. The van der Waals surface area contributed by atoms with E-state index in [-0.39, 0.29) is 5.88 Å². The van der Waals surface area contributed by atoms with Crippen molar-refractivity contribution in [1.29, 1.82) is 5.26 Å². The fraction of sp³-hybridized carbons (Fsp3) is 0.375. The number of nitrogens with two attached hydrogens (primary N) is 1. The molecule has 0 aliphatic carbocycles. The second-order valence-electron chi connectivity index (χ2n) is 2.36. The van der Waals surface area contributed by atoms with Gasteiger partial charge in [-0.25, -0.2) is 0 Å². The Balaban J connectivity index is 2.98. The van der Waals surface area contributed by atoms with E-state index >= 15 is 0 Å². The van der Waals surface area contributed by atoms with E-state index in [1.807, 2.05) is 13.0 Å². The minimum absolute atomic E-state index is 0.232. The highest BCUT2D eigenvalue weighted by Crippen LogP contribution is 2.19. The molecule has 0 fully saturated rings. The Hall–Kier alpha value is -1.43. The molecule has 1 heterocycles. The number of aryl methyl sites for hydroxylation is 1. The van der Waals surface area contributed by atoms with Crippen LogP contribution < -0.4 is 5.73 Å². The summed E-state index contributed by atoms with van der Waals surface area (Å²) >= 11 is 0. The predicted molar refractivity (Wildman–Crippen MR) is 41.8 cm³/mol. The molecule has 0 saturated carbocycles. The quantitative estimate of drug-likeness (QED) is 0.697. The standard InChI is InChI=1S/C8H10N2O/c1-2-3-6-5-11-8(10)7(6)4-9/h5H,2-3,10H2,1H3. The maximum absolute atomic E-state index is 8.62. The Morgan fingerprint density at radius 2 is 2.45 bits per heavy atom. The molecular weight excluding hydrogens is 140 g/mol. The average molecular weight is 150 g/mol. The van der Waals surface area contributed by atoms with Crippen molar-refractivity contribution in [3.63, 3.8) is 0 Å². The molecule has 0 radical (unpaired) electrons. The summed E-state index contributed by atoms with van der Waals surface area (Å²) in [6, 6.07) is 2.01. The molecule has 0 aromatic carbocycles. The van der Waals surface area contributed by atoms with Crippen LogP contribution in [0.25, 0.3) is 0 Å². The van der Waals surface area contributed by atoms with Gasteiger partial charge in [-0.1, -0.05) is 13.3 Å². The molecule has 3 heteroatoms. The summed E-state index contributed by atoms with van der Waals surface area (Å²) in [5.41, 5.74) is 6.80. The van der Waals surface area contributed by atoms with Crippen LogP contribution in [0, 0.1) is 11.3 Å². The SMILES string of the molecule is CCCc1coc(N)c1C#N. The van der Waals surface area contributed by atoms with Gasteiger partial charge in [0.1, 0.15) is 11.6 Å². The number of nitriles is 1. The third kappa shape index (κ3) is 1.35. The summed E-state index contributed by atoms with van der Waals surface area (Å²) < 4.78 is 4.89. The van der Waals surface area contributed by atoms with Gasteiger partial charge in [0.25, 0.3) is 0 Å². The molecule has 58 valence electrons. The molecule has 0 spiro atoms. The van der Waals surface area contributed by atoms with Crippen LogP contribution in [0.1, 0.15) is 24.5 Å². The molecule has 1 aromatic rings. The van der Waals surface area contributed by atoms with Gasteiger partial charge in [-0.15, -0.1) is 0 Å². The fourth-order valence-corrected chi connectivity index (χ4v) is 0.991. The van der Waals surface area contributed by atoms with E-state index in [4.69, 9.17) is 15.4 Å². The van der Waals surface area contributed by atoms with Crippen molar-refractivity contribution in [3.05, 3.63) is 17.4 Å². The van der Waals surface area contributed by atoms with Crippen LogP contribution in [0.5, 0.6) is 0 Å². The van der Waals surface area contributed by atoms with Crippen molar-refractivity contribution in [2.45, 2.75) is 19.8 Å². The third-order valence-electron chi connectivity index (χ3n) is 1.53.